The topological polar surface area (TPSA) is 40.9 Å². The summed E-state index contributed by atoms with van der Waals surface area (Å²) >= 11 is 0. The molecule has 0 aliphatic heterocycles. The summed E-state index contributed by atoms with van der Waals surface area (Å²) in [6.07, 6.45) is 7.27. The van der Waals surface area contributed by atoms with Crippen molar-refractivity contribution in [2.75, 3.05) is 0 Å². The zero-order valence-electron chi connectivity index (χ0n) is 10.7. The number of ketones is 1. The summed E-state index contributed by atoms with van der Waals surface area (Å²) in [5, 5.41) is 9.65. The molecular formula is C15H19NO. The molecule has 0 bridgehead atoms. The number of hydrogen-bond acceptors (Lipinski definition) is 2. The van der Waals surface area contributed by atoms with Crippen LogP contribution in [0.15, 0.2) is 23.8 Å². The first-order valence-corrected chi connectivity index (χ1v) is 6.37. The highest BCUT2D eigenvalue weighted by atomic mass is 16.1. The Bertz CT molecular complexity index is 438. The van der Waals surface area contributed by atoms with Gasteiger partial charge in [0.1, 0.15) is 5.41 Å². The molecule has 0 aromatic heterocycles. The molecule has 0 aromatic rings. The summed E-state index contributed by atoms with van der Waals surface area (Å²) < 4.78 is 0. The van der Waals surface area contributed by atoms with Crippen molar-refractivity contribution < 1.29 is 4.79 Å². The van der Waals surface area contributed by atoms with E-state index in [1.54, 1.807) is 12.2 Å². The van der Waals surface area contributed by atoms with Crippen LogP contribution in [0.5, 0.6) is 0 Å². The van der Waals surface area contributed by atoms with Crippen LogP contribution in [0.2, 0.25) is 0 Å². The van der Waals surface area contributed by atoms with Gasteiger partial charge in [-0.05, 0) is 48.3 Å². The Labute approximate surface area is 103 Å². The Morgan fingerprint density at radius 2 is 2.18 bits per heavy atom. The third-order valence-corrected chi connectivity index (χ3v) is 4.30. The molecule has 90 valence electrons. The summed E-state index contributed by atoms with van der Waals surface area (Å²) in [6, 6.07) is 2.49. The molecule has 2 aliphatic rings. The zero-order valence-corrected chi connectivity index (χ0v) is 10.7. The minimum Gasteiger partial charge on any atom is -0.290 e. The Balaban J connectivity index is 2.53. The first-order chi connectivity index (χ1) is 8.01. The molecule has 0 spiro atoms. The fourth-order valence-corrected chi connectivity index (χ4v) is 3.37. The SMILES string of the molecule is CC(C)[C@@H]1CC[C@@H](C)C2=CC(=O)C=C[C@]21C#N. The minimum absolute atomic E-state index is 0.0298. The van der Waals surface area contributed by atoms with Crippen molar-refractivity contribution >= 4 is 5.78 Å². The molecule has 2 heteroatoms. The van der Waals surface area contributed by atoms with Crippen LogP contribution >= 0.6 is 0 Å². The third-order valence-electron chi connectivity index (χ3n) is 4.30. The van der Waals surface area contributed by atoms with Crippen LogP contribution in [0.3, 0.4) is 0 Å². The molecule has 0 heterocycles. The molecule has 0 amide bonds. The fraction of sp³-hybridized carbons (Fsp3) is 0.600. The second-order valence-electron chi connectivity index (χ2n) is 5.65. The minimum atomic E-state index is -0.528. The maximum absolute atomic E-state index is 11.5. The fourth-order valence-electron chi connectivity index (χ4n) is 3.37. The molecule has 2 aliphatic carbocycles. The second kappa shape index (κ2) is 4.14. The van der Waals surface area contributed by atoms with E-state index in [0.717, 1.165) is 18.4 Å². The van der Waals surface area contributed by atoms with Gasteiger partial charge in [-0.2, -0.15) is 5.26 Å². The van der Waals surface area contributed by atoms with Crippen molar-refractivity contribution in [1.82, 2.24) is 0 Å². The molecule has 2 nitrogen and oxygen atoms in total. The maximum atomic E-state index is 11.5. The quantitative estimate of drug-likeness (QED) is 0.692. The van der Waals surface area contributed by atoms with Crippen LogP contribution in [0.4, 0.5) is 0 Å². The Hall–Kier alpha value is -1.36. The van der Waals surface area contributed by atoms with Gasteiger partial charge in [-0.1, -0.05) is 26.8 Å². The van der Waals surface area contributed by atoms with E-state index in [2.05, 4.69) is 26.8 Å². The number of fused-ring (bicyclic) bond motifs is 1. The van der Waals surface area contributed by atoms with Crippen molar-refractivity contribution in [3.8, 4) is 6.07 Å². The summed E-state index contributed by atoms with van der Waals surface area (Å²) in [7, 11) is 0. The lowest BCUT2D eigenvalue weighted by molar-refractivity contribution is -0.110. The largest absolute Gasteiger partial charge is 0.290 e. The third kappa shape index (κ3) is 1.74. The van der Waals surface area contributed by atoms with Gasteiger partial charge in [-0.15, -0.1) is 0 Å². The zero-order chi connectivity index (χ0) is 12.6. The van der Waals surface area contributed by atoms with Gasteiger partial charge < -0.3 is 0 Å². The highest BCUT2D eigenvalue weighted by Crippen LogP contribution is 2.52. The van der Waals surface area contributed by atoms with Crippen LogP contribution in [0.25, 0.3) is 0 Å². The molecule has 1 fully saturated rings. The number of carbonyl (C=O) groups excluding carboxylic acids is 1. The van der Waals surface area contributed by atoms with Gasteiger partial charge >= 0.3 is 0 Å². The van der Waals surface area contributed by atoms with E-state index in [4.69, 9.17) is 0 Å². The average Bonchev–Trinajstić information content (AvgIpc) is 2.30. The summed E-state index contributed by atoms with van der Waals surface area (Å²) in [6.45, 7) is 6.46. The highest BCUT2D eigenvalue weighted by molar-refractivity contribution is 6.01. The van der Waals surface area contributed by atoms with Crippen LogP contribution in [-0.4, -0.2) is 5.78 Å². The molecule has 2 rings (SSSR count). The van der Waals surface area contributed by atoms with Crippen molar-refractivity contribution in [1.29, 1.82) is 5.26 Å². The van der Waals surface area contributed by atoms with Gasteiger partial charge in [0.15, 0.2) is 5.78 Å². The van der Waals surface area contributed by atoms with Crippen LogP contribution in [0.1, 0.15) is 33.6 Å². The molecule has 17 heavy (non-hydrogen) atoms. The van der Waals surface area contributed by atoms with E-state index in [9.17, 15) is 10.1 Å². The average molecular weight is 229 g/mol. The summed E-state index contributed by atoms with van der Waals surface area (Å²) in [4.78, 5) is 11.5. The van der Waals surface area contributed by atoms with Crippen molar-refractivity contribution in [2.24, 2.45) is 23.2 Å². The van der Waals surface area contributed by atoms with Gasteiger partial charge in [0, 0.05) is 0 Å². The second-order valence-corrected chi connectivity index (χ2v) is 5.65. The van der Waals surface area contributed by atoms with E-state index < -0.39 is 5.41 Å². The van der Waals surface area contributed by atoms with Gasteiger partial charge in [0.25, 0.3) is 0 Å². The number of hydrogen-bond donors (Lipinski definition) is 0. The lowest BCUT2D eigenvalue weighted by Gasteiger charge is -2.45. The standard InChI is InChI=1S/C15H19NO/c1-10(2)13-5-4-11(3)14-8-12(17)6-7-15(13,14)9-16/h6-8,10-11,13H,4-5H2,1-3H3/t11-,13+,15-/m1/s1. The molecule has 0 saturated heterocycles. The first-order valence-electron chi connectivity index (χ1n) is 6.37. The lowest BCUT2D eigenvalue weighted by Crippen LogP contribution is -2.40. The molecule has 0 unspecified atom stereocenters. The van der Waals surface area contributed by atoms with E-state index in [1.807, 2.05) is 6.08 Å². The van der Waals surface area contributed by atoms with Gasteiger partial charge in [-0.3, -0.25) is 4.79 Å². The first kappa shape index (κ1) is 12.1. The Kier molecular flexibility index (Phi) is 2.95. The van der Waals surface area contributed by atoms with Gasteiger partial charge in [0.2, 0.25) is 0 Å². The van der Waals surface area contributed by atoms with E-state index in [-0.39, 0.29) is 5.78 Å². The normalized spacial score (nSPS) is 36.4. The molecule has 0 radical (unpaired) electrons. The predicted molar refractivity (Wildman–Crippen MR) is 67.0 cm³/mol. The molecule has 0 aromatic carbocycles. The van der Waals surface area contributed by atoms with E-state index in [0.29, 0.717) is 17.8 Å². The molecule has 0 N–H and O–H groups in total. The van der Waals surface area contributed by atoms with Crippen LogP contribution < -0.4 is 0 Å². The highest BCUT2D eigenvalue weighted by Gasteiger charge is 2.47. The Morgan fingerprint density at radius 1 is 1.47 bits per heavy atom. The summed E-state index contributed by atoms with van der Waals surface area (Å²) in [5.41, 5.74) is 0.511. The van der Waals surface area contributed by atoms with Gasteiger partial charge in [0.05, 0.1) is 6.07 Å². The van der Waals surface area contributed by atoms with Crippen LogP contribution in [0, 0.1) is 34.5 Å². The van der Waals surface area contributed by atoms with E-state index >= 15 is 0 Å². The van der Waals surface area contributed by atoms with Crippen molar-refractivity contribution in [3.05, 3.63) is 23.8 Å². The molecule has 3 atom stereocenters. The van der Waals surface area contributed by atoms with E-state index in [1.165, 1.54) is 0 Å². The smallest absolute Gasteiger partial charge is 0.178 e. The van der Waals surface area contributed by atoms with Crippen LogP contribution in [-0.2, 0) is 4.79 Å². The lowest BCUT2D eigenvalue weighted by atomic mass is 9.56. The van der Waals surface area contributed by atoms with Gasteiger partial charge in [-0.25, -0.2) is 0 Å². The Morgan fingerprint density at radius 3 is 2.76 bits per heavy atom. The monoisotopic (exact) mass is 229 g/mol. The predicted octanol–water partition coefficient (Wildman–Crippen LogP) is 3.26. The number of nitrogens with zero attached hydrogens (tertiary/aromatic N) is 1. The van der Waals surface area contributed by atoms with Crippen molar-refractivity contribution in [3.63, 3.8) is 0 Å². The van der Waals surface area contributed by atoms with Crippen molar-refractivity contribution in [2.45, 2.75) is 33.6 Å². The number of nitriles is 1. The number of allylic oxidation sites excluding steroid dienone is 4. The number of carbonyl (C=O) groups is 1. The summed E-state index contributed by atoms with van der Waals surface area (Å²) in [5.74, 6) is 1.17. The molecular weight excluding hydrogens is 210 g/mol. The molecule has 1 saturated carbocycles. The maximum Gasteiger partial charge on any atom is 0.178 e. The number of rotatable bonds is 1.